The Hall–Kier alpha value is -2.25. The number of hydrogen-bond acceptors (Lipinski definition) is 3. The molecular formula is C17H11BrFNO3S. The lowest BCUT2D eigenvalue weighted by Crippen LogP contribution is -2.13. The molecule has 3 aromatic rings. The van der Waals surface area contributed by atoms with E-state index in [4.69, 9.17) is 0 Å². The number of aromatic nitrogens is 1. The lowest BCUT2D eigenvalue weighted by molar-refractivity contribution is 0.112. The molecule has 2 aromatic carbocycles. The molecule has 1 heterocycles. The van der Waals surface area contributed by atoms with Gasteiger partial charge in [0.05, 0.1) is 10.6 Å². The molecule has 0 saturated carbocycles. The lowest BCUT2D eigenvalue weighted by Gasteiger charge is -2.11. The predicted octanol–water partition coefficient (Wildman–Crippen LogP) is 4.11. The first-order valence-corrected chi connectivity index (χ1v) is 9.10. The van der Waals surface area contributed by atoms with E-state index < -0.39 is 15.8 Å². The largest absolute Gasteiger partial charge is 0.298 e. The van der Waals surface area contributed by atoms with E-state index in [1.165, 1.54) is 42.6 Å². The summed E-state index contributed by atoms with van der Waals surface area (Å²) in [6.07, 6.45) is 1.78. The Morgan fingerprint density at radius 1 is 1.04 bits per heavy atom. The summed E-state index contributed by atoms with van der Waals surface area (Å²) in [7, 11) is -3.92. The number of aldehydes is 1. The molecule has 3 rings (SSSR count). The molecule has 0 atom stereocenters. The summed E-state index contributed by atoms with van der Waals surface area (Å²) in [5, 5.41) is 0. The summed E-state index contributed by atoms with van der Waals surface area (Å²) >= 11 is 3.25. The van der Waals surface area contributed by atoms with E-state index >= 15 is 0 Å². The Balaban J connectivity index is 2.22. The fourth-order valence-corrected chi connectivity index (χ4v) is 3.95. The quantitative estimate of drug-likeness (QED) is 0.611. The van der Waals surface area contributed by atoms with Gasteiger partial charge in [-0.05, 0) is 42.5 Å². The highest BCUT2D eigenvalue weighted by atomic mass is 79.9. The minimum absolute atomic E-state index is 0.0661. The third-order valence-corrected chi connectivity index (χ3v) is 5.65. The molecule has 0 spiro atoms. The number of halogens is 2. The Morgan fingerprint density at radius 3 is 2.38 bits per heavy atom. The molecule has 7 heteroatoms. The highest BCUT2D eigenvalue weighted by molar-refractivity contribution is 9.10. The second-order valence-corrected chi connectivity index (χ2v) is 7.77. The molecule has 0 aliphatic rings. The highest BCUT2D eigenvalue weighted by Gasteiger charge is 2.22. The summed E-state index contributed by atoms with van der Waals surface area (Å²) < 4.78 is 41.0. The Bertz CT molecular complexity index is 1010. The van der Waals surface area contributed by atoms with Gasteiger partial charge in [-0.25, -0.2) is 16.8 Å². The van der Waals surface area contributed by atoms with Crippen LogP contribution in [0, 0.1) is 5.82 Å². The summed E-state index contributed by atoms with van der Waals surface area (Å²) in [5.74, 6) is -0.492. The zero-order valence-corrected chi connectivity index (χ0v) is 14.6. The zero-order valence-electron chi connectivity index (χ0n) is 12.2. The average Bonchev–Trinajstić information content (AvgIpc) is 3.00. The van der Waals surface area contributed by atoms with Crippen molar-refractivity contribution < 1.29 is 17.6 Å². The van der Waals surface area contributed by atoms with Crippen molar-refractivity contribution in [2.75, 3.05) is 0 Å². The molecule has 0 N–H and O–H groups in total. The third kappa shape index (κ3) is 3.05. The smallest absolute Gasteiger partial charge is 0.268 e. The molecule has 0 saturated heterocycles. The van der Waals surface area contributed by atoms with Gasteiger partial charge in [0.25, 0.3) is 10.0 Å². The minimum Gasteiger partial charge on any atom is -0.298 e. The highest BCUT2D eigenvalue weighted by Crippen LogP contribution is 2.27. The normalized spacial score (nSPS) is 11.4. The molecule has 0 aliphatic heterocycles. The summed E-state index contributed by atoms with van der Waals surface area (Å²) in [4.78, 5) is 11.2. The van der Waals surface area contributed by atoms with Gasteiger partial charge in [-0.1, -0.05) is 28.1 Å². The molecule has 0 bridgehead atoms. The third-order valence-electron chi connectivity index (χ3n) is 3.43. The van der Waals surface area contributed by atoms with E-state index in [0.29, 0.717) is 11.8 Å². The van der Waals surface area contributed by atoms with Crippen molar-refractivity contribution in [3.05, 3.63) is 76.6 Å². The molecule has 0 aliphatic carbocycles. The maximum Gasteiger partial charge on any atom is 0.268 e. The Kier molecular flexibility index (Phi) is 4.38. The van der Waals surface area contributed by atoms with Gasteiger partial charge in [-0.2, -0.15) is 0 Å². The molecule has 4 nitrogen and oxygen atoms in total. The number of benzene rings is 2. The Morgan fingerprint density at radius 2 is 1.75 bits per heavy atom. The van der Waals surface area contributed by atoms with Crippen LogP contribution in [0.2, 0.25) is 0 Å². The first-order valence-electron chi connectivity index (χ1n) is 6.86. The van der Waals surface area contributed by atoms with Crippen LogP contribution in [0.5, 0.6) is 0 Å². The van der Waals surface area contributed by atoms with Gasteiger partial charge >= 0.3 is 0 Å². The molecule has 1 aromatic heterocycles. The number of carbonyl (C=O) groups excluding carboxylic acids is 1. The van der Waals surface area contributed by atoms with Crippen LogP contribution >= 0.6 is 15.9 Å². The topological polar surface area (TPSA) is 56.1 Å². The van der Waals surface area contributed by atoms with E-state index in [1.807, 2.05) is 0 Å². The maximum atomic E-state index is 13.5. The summed E-state index contributed by atoms with van der Waals surface area (Å²) in [5.41, 5.74) is 0.776. The van der Waals surface area contributed by atoms with Crippen LogP contribution in [0.15, 0.2) is 70.2 Å². The van der Waals surface area contributed by atoms with Crippen LogP contribution in [0.3, 0.4) is 0 Å². The van der Waals surface area contributed by atoms with Crippen LogP contribution in [0.25, 0.3) is 11.3 Å². The second-order valence-electron chi connectivity index (χ2n) is 5.04. The summed E-state index contributed by atoms with van der Waals surface area (Å²) in [6, 6.07) is 13.1. The molecule has 0 amide bonds. The minimum atomic E-state index is -3.92. The zero-order chi connectivity index (χ0) is 17.3. The predicted molar refractivity (Wildman–Crippen MR) is 91.9 cm³/mol. The second kappa shape index (κ2) is 6.33. The summed E-state index contributed by atoms with van der Waals surface area (Å²) in [6.45, 7) is 0. The van der Waals surface area contributed by atoms with Crippen molar-refractivity contribution in [1.29, 1.82) is 0 Å². The van der Waals surface area contributed by atoms with Gasteiger partial charge in [-0.15, -0.1) is 0 Å². The first-order chi connectivity index (χ1) is 11.4. The monoisotopic (exact) mass is 407 g/mol. The van der Waals surface area contributed by atoms with Crippen molar-refractivity contribution in [3.8, 4) is 11.3 Å². The van der Waals surface area contributed by atoms with Gasteiger partial charge in [0, 0.05) is 21.8 Å². The van der Waals surface area contributed by atoms with Crippen LogP contribution < -0.4 is 0 Å². The molecule has 24 heavy (non-hydrogen) atoms. The molecule has 122 valence electrons. The van der Waals surface area contributed by atoms with Gasteiger partial charge < -0.3 is 0 Å². The van der Waals surface area contributed by atoms with E-state index in [0.717, 1.165) is 8.45 Å². The molecule has 0 radical (unpaired) electrons. The van der Waals surface area contributed by atoms with E-state index in [-0.39, 0.29) is 16.2 Å². The van der Waals surface area contributed by atoms with Crippen molar-refractivity contribution in [2.45, 2.75) is 4.90 Å². The van der Waals surface area contributed by atoms with Crippen LogP contribution in [-0.2, 0) is 10.0 Å². The van der Waals surface area contributed by atoms with Crippen molar-refractivity contribution in [3.63, 3.8) is 0 Å². The van der Waals surface area contributed by atoms with E-state index in [1.54, 1.807) is 18.2 Å². The van der Waals surface area contributed by atoms with Gasteiger partial charge in [0.1, 0.15) is 5.82 Å². The molecule has 0 fully saturated rings. The number of rotatable bonds is 4. The Labute approximate surface area is 146 Å². The van der Waals surface area contributed by atoms with Crippen molar-refractivity contribution >= 4 is 32.2 Å². The standard InChI is InChI=1S/C17H11BrFNO3S/c18-14-4-6-16(7-5-14)24(22,23)20-10-12(11-21)8-17(20)13-2-1-3-15(19)9-13/h1-11H. The lowest BCUT2D eigenvalue weighted by atomic mass is 10.1. The van der Waals surface area contributed by atoms with E-state index in [2.05, 4.69) is 15.9 Å². The van der Waals surface area contributed by atoms with Gasteiger partial charge in [0.2, 0.25) is 0 Å². The fourth-order valence-electron chi connectivity index (χ4n) is 2.31. The fraction of sp³-hybridized carbons (Fsp3) is 0. The molecular weight excluding hydrogens is 397 g/mol. The average molecular weight is 408 g/mol. The van der Waals surface area contributed by atoms with E-state index in [9.17, 15) is 17.6 Å². The van der Waals surface area contributed by atoms with Crippen molar-refractivity contribution in [1.82, 2.24) is 3.97 Å². The maximum absolute atomic E-state index is 13.5. The molecule has 0 unspecified atom stereocenters. The first kappa shape index (κ1) is 16.6. The van der Waals surface area contributed by atoms with Gasteiger partial charge in [-0.3, -0.25) is 4.79 Å². The SMILES string of the molecule is O=Cc1cc(-c2cccc(F)c2)n(S(=O)(=O)c2ccc(Br)cc2)c1. The number of hydrogen-bond donors (Lipinski definition) is 0. The number of nitrogens with zero attached hydrogens (tertiary/aromatic N) is 1. The van der Waals surface area contributed by atoms with Crippen molar-refractivity contribution in [2.24, 2.45) is 0 Å². The van der Waals surface area contributed by atoms with Gasteiger partial charge in [0.15, 0.2) is 6.29 Å². The number of carbonyl (C=O) groups is 1. The van der Waals surface area contributed by atoms with Crippen LogP contribution in [0.1, 0.15) is 10.4 Å². The van der Waals surface area contributed by atoms with Crippen LogP contribution in [0.4, 0.5) is 4.39 Å². The van der Waals surface area contributed by atoms with Crippen LogP contribution in [-0.4, -0.2) is 18.7 Å².